The minimum Gasteiger partial charge on any atom is -0.497 e. The molecule has 3 rings (SSSR count). The van der Waals surface area contributed by atoms with Crippen LogP contribution >= 0.6 is 8.53 Å². The van der Waals surface area contributed by atoms with Gasteiger partial charge in [-0.25, -0.2) is 4.67 Å². The van der Waals surface area contributed by atoms with Gasteiger partial charge < -0.3 is 24.0 Å². The Kier molecular flexibility index (Phi) is 21.2. The number of methoxy groups -OCH3 is 2. The van der Waals surface area contributed by atoms with Crippen molar-refractivity contribution in [1.29, 1.82) is 5.26 Å². The highest BCUT2D eigenvalue weighted by atomic mass is 31.2. The average molecular weight is 761 g/mol. The van der Waals surface area contributed by atoms with E-state index < -0.39 is 14.1 Å². The summed E-state index contributed by atoms with van der Waals surface area (Å²) < 4.78 is 19.8. The molecule has 3 aromatic rings. The smallest absolute Gasteiger partial charge is 0.253 e. The Morgan fingerprint density at radius 3 is 1.41 bits per heavy atom. The molecule has 1 unspecified atom stereocenters. The van der Waals surface area contributed by atoms with Gasteiger partial charge in [-0.15, -0.1) is 0 Å². The SMILES string of the molecule is COc1ccc(C(OCCCCCCCCCCCCCCCCCC(C)(CCC#N)N(C(C)C)P(O)O)(c2ccccc2)c2ccc(OC)cc2)cc1. The molecule has 54 heavy (non-hydrogen) atoms. The summed E-state index contributed by atoms with van der Waals surface area (Å²) in [6.45, 7) is 6.75. The molecular weight excluding hydrogens is 691 g/mol. The molecule has 0 aliphatic carbocycles. The van der Waals surface area contributed by atoms with Crippen molar-refractivity contribution in [2.24, 2.45) is 0 Å². The van der Waals surface area contributed by atoms with Crippen molar-refractivity contribution in [3.05, 3.63) is 95.6 Å². The number of nitriles is 1. The fourth-order valence-corrected chi connectivity index (χ4v) is 8.98. The quantitative estimate of drug-likeness (QED) is 0.0413. The normalized spacial score (nSPS) is 13.0. The van der Waals surface area contributed by atoms with Crippen LogP contribution in [0.3, 0.4) is 0 Å². The Morgan fingerprint density at radius 2 is 1.02 bits per heavy atom. The van der Waals surface area contributed by atoms with Gasteiger partial charge in [-0.05, 0) is 81.0 Å². The van der Waals surface area contributed by atoms with E-state index in [0.717, 1.165) is 60.3 Å². The van der Waals surface area contributed by atoms with E-state index in [1.54, 1.807) is 14.2 Å². The molecule has 0 amide bonds. The molecule has 0 aromatic heterocycles. The predicted octanol–water partition coefficient (Wildman–Crippen LogP) is 12.2. The average Bonchev–Trinajstić information content (AvgIpc) is 3.18. The number of benzene rings is 3. The zero-order valence-corrected chi connectivity index (χ0v) is 34.9. The van der Waals surface area contributed by atoms with Crippen LogP contribution in [-0.4, -0.2) is 46.9 Å². The maximum atomic E-state index is 10.1. The molecule has 7 nitrogen and oxygen atoms in total. The van der Waals surface area contributed by atoms with E-state index >= 15 is 0 Å². The summed E-state index contributed by atoms with van der Waals surface area (Å²) >= 11 is 0. The second kappa shape index (κ2) is 25.2. The molecule has 0 saturated carbocycles. The largest absolute Gasteiger partial charge is 0.497 e. The van der Waals surface area contributed by atoms with Gasteiger partial charge in [0, 0.05) is 24.6 Å². The van der Waals surface area contributed by atoms with E-state index in [1.807, 2.05) is 48.8 Å². The first-order valence-electron chi connectivity index (χ1n) is 20.5. The molecule has 1 atom stereocenters. The summed E-state index contributed by atoms with van der Waals surface area (Å²) in [6, 6.07) is 29.3. The second-order valence-electron chi connectivity index (χ2n) is 15.3. The summed E-state index contributed by atoms with van der Waals surface area (Å²) in [5, 5.41) is 9.14. The highest BCUT2D eigenvalue weighted by molar-refractivity contribution is 7.42. The number of ether oxygens (including phenoxy) is 3. The molecule has 0 aliphatic heterocycles. The van der Waals surface area contributed by atoms with Crippen LogP contribution in [0.2, 0.25) is 0 Å². The Labute approximate surface area is 329 Å². The molecule has 0 heterocycles. The molecule has 0 saturated heterocycles. The van der Waals surface area contributed by atoms with Crippen LogP contribution in [0.25, 0.3) is 0 Å². The van der Waals surface area contributed by atoms with Crippen LogP contribution in [0.15, 0.2) is 78.9 Å². The third-order valence-corrected chi connectivity index (χ3v) is 12.2. The standard InChI is InChI=1S/C46H69N2O5P/c1-39(2)48(54(49)50)45(3,36-24-37-47)35-22-17-15-13-11-9-7-6-8-10-12-14-16-18-23-38-53-46(40-25-20-19-21-26-40,41-27-31-43(51-4)32-28-41)42-29-33-44(52-5)34-30-42/h19-21,25-34,39,49-50H,6-18,22-24,35-36,38H2,1-5H3. The predicted molar refractivity (Wildman–Crippen MR) is 224 cm³/mol. The maximum Gasteiger partial charge on any atom is 0.253 e. The van der Waals surface area contributed by atoms with Crippen LogP contribution in [0.4, 0.5) is 0 Å². The second-order valence-corrected chi connectivity index (χ2v) is 16.2. The maximum absolute atomic E-state index is 10.1. The molecule has 0 aliphatic rings. The highest BCUT2D eigenvalue weighted by Crippen LogP contribution is 2.44. The first-order valence-corrected chi connectivity index (χ1v) is 21.7. The fraction of sp³-hybridized carbons (Fsp3) is 0.587. The van der Waals surface area contributed by atoms with Crippen LogP contribution < -0.4 is 9.47 Å². The van der Waals surface area contributed by atoms with Gasteiger partial charge in [-0.1, -0.05) is 144 Å². The van der Waals surface area contributed by atoms with Gasteiger partial charge in [0.2, 0.25) is 0 Å². The Bertz CT molecular complexity index is 1390. The Hall–Kier alpha value is -2.98. The van der Waals surface area contributed by atoms with Crippen molar-refractivity contribution < 1.29 is 24.0 Å². The van der Waals surface area contributed by atoms with E-state index in [0.29, 0.717) is 19.4 Å². The van der Waals surface area contributed by atoms with E-state index in [2.05, 4.69) is 61.5 Å². The highest BCUT2D eigenvalue weighted by Gasteiger charge is 2.38. The summed E-state index contributed by atoms with van der Waals surface area (Å²) in [6.07, 6.45) is 20.7. The molecule has 298 valence electrons. The molecular formula is C46H69N2O5P. The van der Waals surface area contributed by atoms with Crippen LogP contribution in [0.1, 0.15) is 153 Å². The van der Waals surface area contributed by atoms with Crippen LogP contribution in [0, 0.1) is 11.3 Å². The van der Waals surface area contributed by atoms with Crippen LogP contribution in [-0.2, 0) is 10.3 Å². The lowest BCUT2D eigenvalue weighted by atomic mass is 9.80. The van der Waals surface area contributed by atoms with Crippen molar-refractivity contribution in [2.45, 2.75) is 154 Å². The van der Waals surface area contributed by atoms with Gasteiger partial charge in [-0.3, -0.25) is 0 Å². The van der Waals surface area contributed by atoms with Crippen LogP contribution in [0.5, 0.6) is 11.5 Å². The molecule has 0 radical (unpaired) electrons. The van der Waals surface area contributed by atoms with Crippen molar-refractivity contribution in [3.63, 3.8) is 0 Å². The number of hydrogen-bond donors (Lipinski definition) is 2. The summed E-state index contributed by atoms with van der Waals surface area (Å²) in [5.74, 6) is 1.65. The van der Waals surface area contributed by atoms with E-state index in [1.165, 1.54) is 70.6 Å². The van der Waals surface area contributed by atoms with Crippen molar-refractivity contribution in [1.82, 2.24) is 4.67 Å². The number of unbranched alkanes of at least 4 members (excludes halogenated alkanes) is 14. The zero-order valence-electron chi connectivity index (χ0n) is 34.0. The molecule has 8 heteroatoms. The number of nitrogens with zero attached hydrogens (tertiary/aromatic N) is 2. The lowest BCUT2D eigenvalue weighted by molar-refractivity contribution is 0.0106. The summed E-state index contributed by atoms with van der Waals surface area (Å²) in [4.78, 5) is 20.1. The van der Waals surface area contributed by atoms with Gasteiger partial charge in [0.25, 0.3) is 8.53 Å². The third kappa shape index (κ3) is 14.3. The molecule has 0 spiro atoms. The van der Waals surface area contributed by atoms with E-state index in [-0.39, 0.29) is 11.6 Å². The Morgan fingerprint density at radius 1 is 0.611 bits per heavy atom. The van der Waals surface area contributed by atoms with E-state index in [9.17, 15) is 9.79 Å². The summed E-state index contributed by atoms with van der Waals surface area (Å²) in [5.41, 5.74) is 2.15. The number of hydrogen-bond acceptors (Lipinski definition) is 7. The lowest BCUT2D eigenvalue weighted by Crippen LogP contribution is -2.46. The van der Waals surface area contributed by atoms with Gasteiger partial charge in [0.05, 0.1) is 20.3 Å². The third-order valence-electron chi connectivity index (χ3n) is 10.9. The molecule has 0 fully saturated rings. The van der Waals surface area contributed by atoms with Crippen molar-refractivity contribution >= 4 is 8.53 Å². The fourth-order valence-electron chi connectivity index (χ4n) is 7.93. The molecule has 0 bridgehead atoms. The first-order chi connectivity index (χ1) is 26.2. The lowest BCUT2D eigenvalue weighted by Gasteiger charge is -2.43. The van der Waals surface area contributed by atoms with Crippen molar-refractivity contribution in [3.8, 4) is 17.6 Å². The van der Waals surface area contributed by atoms with Gasteiger partial charge in [0.15, 0.2) is 0 Å². The molecule has 3 aromatic carbocycles. The Balaban J connectivity index is 1.32. The minimum atomic E-state index is -2.17. The topological polar surface area (TPSA) is 95.2 Å². The zero-order chi connectivity index (χ0) is 39.1. The monoisotopic (exact) mass is 760 g/mol. The van der Waals surface area contributed by atoms with Gasteiger partial charge >= 0.3 is 0 Å². The van der Waals surface area contributed by atoms with E-state index in [4.69, 9.17) is 19.5 Å². The first kappa shape index (κ1) is 45.4. The summed E-state index contributed by atoms with van der Waals surface area (Å²) in [7, 11) is 1.22. The van der Waals surface area contributed by atoms with Gasteiger partial charge in [0.1, 0.15) is 17.1 Å². The number of rotatable bonds is 29. The minimum absolute atomic E-state index is 0.0329. The van der Waals surface area contributed by atoms with Gasteiger partial charge in [-0.2, -0.15) is 5.26 Å². The van der Waals surface area contributed by atoms with Crippen molar-refractivity contribution in [2.75, 3.05) is 20.8 Å². The molecule has 2 N–H and O–H groups in total.